The molecule has 1 aliphatic rings. The SMILES string of the molecule is CCC1OC(O)(C(=O)O)C[C@@H](O)[C@@H]1O. The van der Waals surface area contributed by atoms with Gasteiger partial charge in [0.15, 0.2) is 0 Å². The lowest BCUT2D eigenvalue weighted by molar-refractivity contribution is -0.293. The van der Waals surface area contributed by atoms with E-state index in [9.17, 15) is 20.1 Å². The van der Waals surface area contributed by atoms with Crippen molar-refractivity contribution in [2.45, 2.75) is 43.9 Å². The van der Waals surface area contributed by atoms with Crippen LogP contribution in [0.15, 0.2) is 0 Å². The molecule has 1 saturated heterocycles. The Labute approximate surface area is 80.7 Å². The molecule has 0 amide bonds. The van der Waals surface area contributed by atoms with Gasteiger partial charge in [0, 0.05) is 6.42 Å². The minimum atomic E-state index is -2.39. The number of hydrogen-bond donors (Lipinski definition) is 4. The molecule has 0 bridgehead atoms. The molecular formula is C8H14O6. The van der Waals surface area contributed by atoms with Crippen molar-refractivity contribution in [3.05, 3.63) is 0 Å². The zero-order valence-corrected chi connectivity index (χ0v) is 7.75. The van der Waals surface area contributed by atoms with E-state index in [0.717, 1.165) is 0 Å². The molecule has 4 N–H and O–H groups in total. The summed E-state index contributed by atoms with van der Waals surface area (Å²) in [5.74, 6) is -3.94. The first-order valence-electron chi connectivity index (χ1n) is 4.40. The molecule has 0 aromatic rings. The third-order valence-corrected chi connectivity index (χ3v) is 2.34. The smallest absolute Gasteiger partial charge is 0.364 e. The quantitative estimate of drug-likeness (QED) is 0.446. The number of rotatable bonds is 2. The minimum absolute atomic E-state index is 0.313. The summed E-state index contributed by atoms with van der Waals surface area (Å²) < 4.78 is 4.81. The second-order valence-corrected chi connectivity index (χ2v) is 3.42. The normalized spacial score (nSPS) is 43.6. The van der Waals surface area contributed by atoms with E-state index >= 15 is 0 Å². The summed E-state index contributed by atoms with van der Waals surface area (Å²) in [6.07, 6.45) is -3.51. The number of aliphatic carboxylic acids is 1. The molecule has 1 heterocycles. The van der Waals surface area contributed by atoms with E-state index in [-0.39, 0.29) is 0 Å². The number of aliphatic hydroxyl groups excluding tert-OH is 2. The summed E-state index contributed by atoms with van der Waals surface area (Å²) in [7, 11) is 0. The van der Waals surface area contributed by atoms with Crippen LogP contribution in [0, 0.1) is 0 Å². The van der Waals surface area contributed by atoms with Crippen LogP contribution in [-0.4, -0.2) is 50.5 Å². The molecule has 0 saturated carbocycles. The van der Waals surface area contributed by atoms with Crippen LogP contribution in [0.5, 0.6) is 0 Å². The van der Waals surface area contributed by atoms with E-state index in [1.54, 1.807) is 6.92 Å². The lowest BCUT2D eigenvalue weighted by Crippen LogP contribution is -2.57. The number of ether oxygens (including phenoxy) is 1. The molecule has 0 aromatic carbocycles. The van der Waals surface area contributed by atoms with Crippen LogP contribution in [0.25, 0.3) is 0 Å². The number of carbonyl (C=O) groups is 1. The number of carboxylic acid groups (broad SMARTS) is 1. The van der Waals surface area contributed by atoms with Gasteiger partial charge in [-0.15, -0.1) is 0 Å². The number of hydrogen-bond acceptors (Lipinski definition) is 5. The molecule has 1 aliphatic heterocycles. The molecule has 0 radical (unpaired) electrons. The Morgan fingerprint density at radius 1 is 1.57 bits per heavy atom. The maximum absolute atomic E-state index is 10.6. The zero-order valence-electron chi connectivity index (χ0n) is 7.75. The average Bonchev–Trinajstić information content (AvgIpc) is 2.11. The van der Waals surface area contributed by atoms with Crippen molar-refractivity contribution in [3.8, 4) is 0 Å². The first kappa shape index (κ1) is 11.4. The highest BCUT2D eigenvalue weighted by atomic mass is 16.7. The Balaban J connectivity index is 2.81. The van der Waals surface area contributed by atoms with Gasteiger partial charge >= 0.3 is 5.97 Å². The summed E-state index contributed by atoms with van der Waals surface area (Å²) in [6.45, 7) is 1.66. The molecule has 14 heavy (non-hydrogen) atoms. The summed E-state index contributed by atoms with van der Waals surface area (Å²) in [4.78, 5) is 10.6. The van der Waals surface area contributed by atoms with E-state index in [1.165, 1.54) is 0 Å². The molecule has 1 rings (SSSR count). The fourth-order valence-corrected chi connectivity index (χ4v) is 1.48. The molecule has 0 aromatic heterocycles. The number of aliphatic hydroxyl groups is 3. The Hall–Kier alpha value is -0.690. The lowest BCUT2D eigenvalue weighted by Gasteiger charge is -2.39. The molecule has 0 spiro atoms. The largest absolute Gasteiger partial charge is 0.477 e. The van der Waals surface area contributed by atoms with Crippen LogP contribution in [0.3, 0.4) is 0 Å². The molecular weight excluding hydrogens is 192 g/mol. The second-order valence-electron chi connectivity index (χ2n) is 3.42. The molecule has 1 fully saturated rings. The highest BCUT2D eigenvalue weighted by Gasteiger charge is 2.49. The van der Waals surface area contributed by atoms with Crippen LogP contribution >= 0.6 is 0 Å². The van der Waals surface area contributed by atoms with E-state index in [2.05, 4.69) is 0 Å². The second kappa shape index (κ2) is 3.82. The first-order valence-corrected chi connectivity index (χ1v) is 4.40. The third-order valence-electron chi connectivity index (χ3n) is 2.34. The van der Waals surface area contributed by atoms with Gasteiger partial charge in [0.2, 0.25) is 0 Å². The molecule has 0 aliphatic carbocycles. The van der Waals surface area contributed by atoms with Gasteiger partial charge in [0.25, 0.3) is 5.79 Å². The molecule has 82 valence electrons. The van der Waals surface area contributed by atoms with Crippen LogP contribution in [0.1, 0.15) is 19.8 Å². The fraction of sp³-hybridized carbons (Fsp3) is 0.875. The fourth-order valence-electron chi connectivity index (χ4n) is 1.48. The van der Waals surface area contributed by atoms with Crippen molar-refractivity contribution in [1.29, 1.82) is 0 Å². The topological polar surface area (TPSA) is 107 Å². The lowest BCUT2D eigenvalue weighted by atomic mass is 9.94. The Morgan fingerprint density at radius 3 is 2.57 bits per heavy atom. The molecule has 6 heteroatoms. The first-order chi connectivity index (χ1) is 6.40. The third kappa shape index (κ3) is 1.88. The Kier molecular flexibility index (Phi) is 3.10. The minimum Gasteiger partial charge on any atom is -0.477 e. The zero-order chi connectivity index (χ0) is 10.9. The van der Waals surface area contributed by atoms with Gasteiger partial charge in [-0.25, -0.2) is 4.79 Å². The van der Waals surface area contributed by atoms with Crippen molar-refractivity contribution in [1.82, 2.24) is 0 Å². The van der Waals surface area contributed by atoms with Crippen molar-refractivity contribution < 1.29 is 30.0 Å². The van der Waals surface area contributed by atoms with E-state index in [0.29, 0.717) is 6.42 Å². The Bertz CT molecular complexity index is 230. The maximum atomic E-state index is 10.6. The van der Waals surface area contributed by atoms with Gasteiger partial charge < -0.3 is 25.2 Å². The van der Waals surface area contributed by atoms with Crippen molar-refractivity contribution >= 4 is 5.97 Å². The molecule has 4 atom stereocenters. The predicted octanol–water partition coefficient (Wildman–Crippen LogP) is -1.32. The summed E-state index contributed by atoms with van der Waals surface area (Å²) in [6, 6.07) is 0. The average molecular weight is 206 g/mol. The van der Waals surface area contributed by atoms with Crippen LogP contribution < -0.4 is 0 Å². The highest BCUT2D eigenvalue weighted by molar-refractivity contribution is 5.75. The maximum Gasteiger partial charge on any atom is 0.364 e. The van der Waals surface area contributed by atoms with Crippen LogP contribution in [0.4, 0.5) is 0 Å². The van der Waals surface area contributed by atoms with E-state index in [1.807, 2.05) is 0 Å². The van der Waals surface area contributed by atoms with Gasteiger partial charge in [0.05, 0.1) is 12.2 Å². The van der Waals surface area contributed by atoms with Crippen molar-refractivity contribution in [3.63, 3.8) is 0 Å². The summed E-state index contributed by atoms with van der Waals surface area (Å²) in [5, 5.41) is 36.8. The molecule has 6 nitrogen and oxygen atoms in total. The monoisotopic (exact) mass is 206 g/mol. The number of carboxylic acids is 1. The van der Waals surface area contributed by atoms with Crippen LogP contribution in [-0.2, 0) is 9.53 Å². The van der Waals surface area contributed by atoms with Crippen molar-refractivity contribution in [2.75, 3.05) is 0 Å². The van der Waals surface area contributed by atoms with Gasteiger partial charge in [-0.1, -0.05) is 6.92 Å². The summed E-state index contributed by atoms with van der Waals surface area (Å²) >= 11 is 0. The van der Waals surface area contributed by atoms with E-state index < -0.39 is 36.5 Å². The van der Waals surface area contributed by atoms with Gasteiger partial charge in [-0.2, -0.15) is 0 Å². The highest BCUT2D eigenvalue weighted by Crippen LogP contribution is 2.29. The van der Waals surface area contributed by atoms with Crippen LogP contribution in [0.2, 0.25) is 0 Å². The predicted molar refractivity (Wildman–Crippen MR) is 44.4 cm³/mol. The van der Waals surface area contributed by atoms with Gasteiger partial charge in [0.1, 0.15) is 6.10 Å². The van der Waals surface area contributed by atoms with Crippen molar-refractivity contribution in [2.24, 2.45) is 0 Å². The van der Waals surface area contributed by atoms with Gasteiger partial charge in [-0.3, -0.25) is 0 Å². The van der Waals surface area contributed by atoms with E-state index in [4.69, 9.17) is 9.84 Å². The summed E-state index contributed by atoms with van der Waals surface area (Å²) in [5.41, 5.74) is 0. The standard InChI is InChI=1S/C8H14O6/c1-2-5-6(10)4(9)3-8(13,14-5)7(11)12/h4-6,9-10,13H,2-3H2,1H3,(H,11,12)/t4-,5?,6+,8?/m1/s1. The Morgan fingerprint density at radius 2 is 2.14 bits per heavy atom. The molecule has 2 unspecified atom stereocenters. The van der Waals surface area contributed by atoms with Gasteiger partial charge in [-0.05, 0) is 6.42 Å².